The molecule has 8 nitrogen and oxygen atoms in total. The van der Waals surface area contributed by atoms with Crippen molar-refractivity contribution in [2.24, 2.45) is 0 Å². The second-order valence-electron chi connectivity index (χ2n) is 12.4. The van der Waals surface area contributed by atoms with E-state index < -0.39 is 4.92 Å². The Balaban J connectivity index is 0.00000400. The SMILES string of the molecule is O=[N+]([O-])c1ccc(Nc2c3nc(c(-c4ccccc4)c4ccc([n-]4)c(-c4ccccc4)c4nc(c(-c5ccccc5)c5ccc2[n-]5)C=C4)C=C3)cc1.[Zn+2]. The number of nitro groups is 1. The quantitative estimate of drug-likeness (QED) is 0.103. The Kier molecular flexibility index (Phi) is 8.92. The minimum absolute atomic E-state index is 0. The zero-order chi connectivity index (χ0) is 35.0. The first-order valence-electron chi connectivity index (χ1n) is 16.8. The van der Waals surface area contributed by atoms with Gasteiger partial charge in [0.1, 0.15) is 0 Å². The second kappa shape index (κ2) is 14.1. The minimum Gasteiger partial charge on any atom is -0.657 e. The Labute approximate surface area is 317 Å². The molecule has 1 N–H and O–H groups in total. The number of nitro benzene ring substituents is 1. The van der Waals surface area contributed by atoms with Crippen molar-refractivity contribution in [3.63, 3.8) is 0 Å². The molecule has 0 saturated carbocycles. The Bertz CT molecular complexity index is 2680. The van der Waals surface area contributed by atoms with Crippen LogP contribution in [0.2, 0.25) is 0 Å². The third-order valence-corrected chi connectivity index (χ3v) is 9.14. The van der Waals surface area contributed by atoms with E-state index in [0.717, 1.165) is 67.0 Å². The molecule has 53 heavy (non-hydrogen) atoms. The van der Waals surface area contributed by atoms with Gasteiger partial charge in [-0.2, -0.15) is 0 Å². The molecule has 0 unspecified atom stereocenters. The number of benzene rings is 4. The Morgan fingerprint density at radius 3 is 1.28 bits per heavy atom. The number of nitrogens with one attached hydrogen (secondary N) is 1. The third kappa shape index (κ3) is 6.39. The molecule has 0 atom stereocenters. The normalized spacial score (nSPS) is 11.6. The standard InChI is InChI=1S/C44H28N6O2.Zn/c51-50(52)32-18-16-31(17-19-32)45-44-39-26-24-37(48-39)42(29-12-6-2-7-13-29)35-22-20-33(46-35)41(28-10-4-1-5-11-28)34-21-23-36(47-34)43(30-14-8-3-9-15-30)38-25-27-40(44)49-38;/h1-27,45H;/q-2;+2. The summed E-state index contributed by atoms with van der Waals surface area (Å²) in [5.41, 5.74) is 13.0. The van der Waals surface area contributed by atoms with Gasteiger partial charge in [0.05, 0.1) is 27.7 Å². The Hall–Kier alpha value is -6.70. The van der Waals surface area contributed by atoms with Gasteiger partial charge >= 0.3 is 19.5 Å². The van der Waals surface area contributed by atoms with Crippen LogP contribution in [0.15, 0.2) is 140 Å². The maximum absolute atomic E-state index is 11.4. The van der Waals surface area contributed by atoms with Gasteiger partial charge in [-0.1, -0.05) is 115 Å². The smallest absolute Gasteiger partial charge is 0.657 e. The van der Waals surface area contributed by atoms with Crippen molar-refractivity contribution >= 4 is 63.4 Å². The molecule has 9 heteroatoms. The van der Waals surface area contributed by atoms with E-state index in [0.29, 0.717) is 22.6 Å². The average Bonchev–Trinajstić information content (AvgIpc) is 4.03. The summed E-state index contributed by atoms with van der Waals surface area (Å²) in [7, 11) is 0. The summed E-state index contributed by atoms with van der Waals surface area (Å²) < 4.78 is 0. The number of aromatic nitrogens is 4. The van der Waals surface area contributed by atoms with Crippen molar-refractivity contribution < 1.29 is 24.4 Å². The van der Waals surface area contributed by atoms with Crippen LogP contribution in [-0.2, 0) is 19.5 Å². The zero-order valence-electron chi connectivity index (χ0n) is 28.3. The number of fused-ring (bicyclic) bond motifs is 8. The molecule has 5 heterocycles. The van der Waals surface area contributed by atoms with Gasteiger partial charge in [0.15, 0.2) is 0 Å². The summed E-state index contributed by atoms with van der Waals surface area (Å²) in [6.45, 7) is 0. The van der Waals surface area contributed by atoms with Crippen LogP contribution in [0.4, 0.5) is 17.1 Å². The summed E-state index contributed by atoms with van der Waals surface area (Å²) in [6.07, 6.45) is 8.07. The Morgan fingerprint density at radius 1 is 0.472 bits per heavy atom. The number of anilines is 2. The molecule has 7 aromatic rings. The second-order valence-corrected chi connectivity index (χ2v) is 12.4. The van der Waals surface area contributed by atoms with E-state index in [2.05, 4.69) is 53.9 Å². The van der Waals surface area contributed by atoms with Crippen LogP contribution < -0.4 is 15.3 Å². The summed E-state index contributed by atoms with van der Waals surface area (Å²) >= 11 is 0. The van der Waals surface area contributed by atoms with Gasteiger partial charge in [-0.15, -0.1) is 22.1 Å². The molecule has 0 fully saturated rings. The predicted molar refractivity (Wildman–Crippen MR) is 209 cm³/mol. The number of hydrogen-bond donors (Lipinski definition) is 1. The topological polar surface area (TPSA) is 109 Å². The zero-order valence-corrected chi connectivity index (χ0v) is 31.3. The van der Waals surface area contributed by atoms with Crippen molar-refractivity contribution in [1.29, 1.82) is 0 Å². The average molecular weight is 738 g/mol. The van der Waals surface area contributed by atoms with Gasteiger partial charge in [-0.3, -0.25) is 10.1 Å². The van der Waals surface area contributed by atoms with Gasteiger partial charge in [0.25, 0.3) is 5.69 Å². The van der Waals surface area contributed by atoms with Crippen LogP contribution in [0.1, 0.15) is 22.8 Å². The fraction of sp³-hybridized carbons (Fsp3) is 0. The maximum Gasteiger partial charge on any atom is 2.00 e. The van der Waals surface area contributed by atoms with Crippen LogP contribution >= 0.6 is 0 Å². The molecule has 4 aromatic carbocycles. The van der Waals surface area contributed by atoms with E-state index in [1.165, 1.54) is 12.1 Å². The number of rotatable bonds is 6. The molecule has 2 aliphatic heterocycles. The van der Waals surface area contributed by atoms with Crippen molar-refractivity contribution in [1.82, 2.24) is 19.9 Å². The maximum atomic E-state index is 11.4. The molecular weight excluding hydrogens is 710 g/mol. The van der Waals surface area contributed by atoms with Gasteiger partial charge < -0.3 is 15.3 Å². The Morgan fingerprint density at radius 2 is 0.849 bits per heavy atom. The number of non-ortho nitro benzene ring substituents is 1. The van der Waals surface area contributed by atoms with Gasteiger partial charge in [0, 0.05) is 23.5 Å². The van der Waals surface area contributed by atoms with E-state index in [9.17, 15) is 10.1 Å². The van der Waals surface area contributed by atoms with E-state index in [1.807, 2.05) is 91.0 Å². The number of nitrogens with zero attached hydrogens (tertiary/aromatic N) is 5. The first kappa shape index (κ1) is 33.4. The first-order valence-corrected chi connectivity index (χ1v) is 16.8. The summed E-state index contributed by atoms with van der Waals surface area (Å²) in [4.78, 5) is 31.9. The van der Waals surface area contributed by atoms with E-state index in [-0.39, 0.29) is 25.2 Å². The molecule has 0 spiro atoms. The fourth-order valence-corrected chi connectivity index (χ4v) is 6.73. The molecule has 3 aromatic heterocycles. The third-order valence-electron chi connectivity index (χ3n) is 9.14. The number of hydrogen-bond acceptors (Lipinski definition) is 5. The predicted octanol–water partition coefficient (Wildman–Crippen LogP) is 10.6. The van der Waals surface area contributed by atoms with Crippen molar-refractivity contribution in [3.05, 3.63) is 172 Å². The summed E-state index contributed by atoms with van der Waals surface area (Å²) in [5, 5.41) is 14.9. The largest absolute Gasteiger partial charge is 2.00 e. The van der Waals surface area contributed by atoms with Crippen molar-refractivity contribution in [2.75, 3.05) is 5.32 Å². The van der Waals surface area contributed by atoms with Crippen LogP contribution in [0.25, 0.3) is 79.8 Å². The van der Waals surface area contributed by atoms with Crippen LogP contribution in [0, 0.1) is 10.1 Å². The molecule has 2 aliphatic rings. The molecule has 0 radical (unpaired) electrons. The molecule has 8 bridgehead atoms. The molecule has 0 saturated heterocycles. The fourth-order valence-electron chi connectivity index (χ4n) is 6.73. The van der Waals surface area contributed by atoms with Crippen LogP contribution in [0.5, 0.6) is 0 Å². The summed E-state index contributed by atoms with van der Waals surface area (Å²) in [6, 6.07) is 44.9. The van der Waals surface area contributed by atoms with Crippen LogP contribution in [-0.4, -0.2) is 14.9 Å². The van der Waals surface area contributed by atoms with E-state index >= 15 is 0 Å². The minimum atomic E-state index is -0.409. The van der Waals surface area contributed by atoms with E-state index in [4.69, 9.17) is 19.9 Å². The van der Waals surface area contributed by atoms with Gasteiger partial charge in [-0.25, -0.2) is 9.97 Å². The molecule has 248 valence electrons. The molecule has 0 amide bonds. The summed E-state index contributed by atoms with van der Waals surface area (Å²) in [5.74, 6) is 0. The monoisotopic (exact) mass is 736 g/mol. The van der Waals surface area contributed by atoms with Crippen molar-refractivity contribution in [2.45, 2.75) is 0 Å². The first-order chi connectivity index (χ1) is 25.6. The van der Waals surface area contributed by atoms with Crippen LogP contribution in [0.3, 0.4) is 0 Å². The van der Waals surface area contributed by atoms with Crippen molar-refractivity contribution in [3.8, 4) is 33.4 Å². The molecular formula is C44H28N6O2Zn. The molecule has 0 aliphatic carbocycles. The van der Waals surface area contributed by atoms with Gasteiger partial charge in [-0.05, 0) is 69.8 Å². The van der Waals surface area contributed by atoms with E-state index in [1.54, 1.807) is 12.1 Å². The van der Waals surface area contributed by atoms with Gasteiger partial charge in [0.2, 0.25) is 0 Å². The molecule has 9 rings (SSSR count).